The van der Waals surface area contributed by atoms with Gasteiger partial charge in [-0.2, -0.15) is 0 Å². The van der Waals surface area contributed by atoms with E-state index in [9.17, 15) is 24.5 Å². The Labute approximate surface area is 188 Å². The Bertz CT molecular complexity index is 1030. The number of benzene rings is 1. The molecule has 0 aliphatic carbocycles. The van der Waals surface area contributed by atoms with Crippen LogP contribution in [0.25, 0.3) is 0 Å². The summed E-state index contributed by atoms with van der Waals surface area (Å²) < 4.78 is 0. The molecule has 10 nitrogen and oxygen atoms in total. The second-order valence-corrected chi connectivity index (χ2v) is 9.02. The van der Waals surface area contributed by atoms with Crippen LogP contribution in [-0.4, -0.2) is 70.2 Å². The lowest BCUT2D eigenvalue weighted by Crippen LogP contribution is -2.51. The van der Waals surface area contributed by atoms with E-state index in [1.807, 2.05) is 11.4 Å². The Kier molecular flexibility index (Phi) is 5.94. The van der Waals surface area contributed by atoms with Gasteiger partial charge in [0.05, 0.1) is 4.92 Å². The van der Waals surface area contributed by atoms with E-state index in [1.165, 1.54) is 36.1 Å². The SMILES string of the molecule is CC1(c2ccc([N+](=O)[O-])cc2)NC(=O)N(CC(=O)N2CCN(Cc3cccs3)CC2)C1=O. The van der Waals surface area contributed by atoms with Crippen molar-refractivity contribution < 1.29 is 19.3 Å². The Morgan fingerprint density at radius 2 is 1.84 bits per heavy atom. The van der Waals surface area contributed by atoms with E-state index in [0.717, 1.165) is 24.5 Å². The fraction of sp³-hybridized carbons (Fsp3) is 0.381. The number of hydrogen-bond acceptors (Lipinski definition) is 7. The number of piperazine rings is 1. The summed E-state index contributed by atoms with van der Waals surface area (Å²) in [4.78, 5) is 54.8. The van der Waals surface area contributed by atoms with Crippen LogP contribution in [0.3, 0.4) is 0 Å². The minimum absolute atomic E-state index is 0.112. The Morgan fingerprint density at radius 1 is 1.16 bits per heavy atom. The number of rotatable bonds is 6. The molecule has 2 saturated heterocycles. The molecule has 168 valence electrons. The lowest BCUT2D eigenvalue weighted by molar-refractivity contribution is -0.384. The lowest BCUT2D eigenvalue weighted by Gasteiger charge is -2.35. The van der Waals surface area contributed by atoms with E-state index >= 15 is 0 Å². The van der Waals surface area contributed by atoms with Crippen LogP contribution in [-0.2, 0) is 21.7 Å². The number of nitro groups is 1. The maximum absolute atomic E-state index is 13.0. The van der Waals surface area contributed by atoms with Crippen LogP contribution in [0.1, 0.15) is 17.4 Å². The molecule has 32 heavy (non-hydrogen) atoms. The van der Waals surface area contributed by atoms with Crippen molar-refractivity contribution in [2.75, 3.05) is 32.7 Å². The molecule has 1 aromatic carbocycles. The number of hydrogen-bond donors (Lipinski definition) is 1. The number of imide groups is 1. The lowest BCUT2D eigenvalue weighted by atomic mass is 9.92. The van der Waals surface area contributed by atoms with E-state index < -0.39 is 22.4 Å². The molecule has 4 amide bonds. The topological polar surface area (TPSA) is 116 Å². The van der Waals surface area contributed by atoms with Crippen LogP contribution in [0.15, 0.2) is 41.8 Å². The second kappa shape index (κ2) is 8.67. The standard InChI is InChI=1S/C21H23N5O5S/c1-21(15-4-6-16(7-5-15)26(30)31)19(28)25(20(29)22-21)14-18(27)24-10-8-23(9-11-24)13-17-3-2-12-32-17/h2-7,12H,8-11,13-14H2,1H3,(H,22,29). The predicted molar refractivity (Wildman–Crippen MR) is 117 cm³/mol. The first kappa shape index (κ1) is 21.9. The van der Waals surface area contributed by atoms with Gasteiger partial charge in [-0.3, -0.25) is 29.5 Å². The maximum Gasteiger partial charge on any atom is 0.325 e. The van der Waals surface area contributed by atoms with Gasteiger partial charge in [-0.05, 0) is 36.1 Å². The molecule has 1 N–H and O–H groups in total. The third-order valence-electron chi connectivity index (χ3n) is 5.91. The van der Waals surface area contributed by atoms with Gasteiger partial charge in [0.15, 0.2) is 0 Å². The number of thiophene rings is 1. The van der Waals surface area contributed by atoms with E-state index in [0.29, 0.717) is 18.7 Å². The van der Waals surface area contributed by atoms with Crippen LogP contribution >= 0.6 is 11.3 Å². The van der Waals surface area contributed by atoms with Gasteiger partial charge in [0.1, 0.15) is 12.1 Å². The molecule has 0 radical (unpaired) electrons. The van der Waals surface area contributed by atoms with E-state index in [2.05, 4.69) is 16.3 Å². The molecule has 4 rings (SSSR count). The molecule has 2 aliphatic heterocycles. The van der Waals surface area contributed by atoms with Gasteiger partial charge in [0.2, 0.25) is 5.91 Å². The summed E-state index contributed by atoms with van der Waals surface area (Å²) in [7, 11) is 0. The van der Waals surface area contributed by atoms with Gasteiger partial charge in [-0.15, -0.1) is 11.3 Å². The quantitative estimate of drug-likeness (QED) is 0.402. The van der Waals surface area contributed by atoms with E-state index in [1.54, 1.807) is 16.2 Å². The highest BCUT2D eigenvalue weighted by atomic mass is 32.1. The van der Waals surface area contributed by atoms with Crippen LogP contribution in [0.5, 0.6) is 0 Å². The minimum atomic E-state index is -1.38. The van der Waals surface area contributed by atoms with Gasteiger partial charge in [0.25, 0.3) is 11.6 Å². The monoisotopic (exact) mass is 457 g/mol. The molecule has 2 fully saturated rings. The summed E-state index contributed by atoms with van der Waals surface area (Å²) in [6.07, 6.45) is 0. The number of nitrogens with zero attached hydrogens (tertiary/aromatic N) is 4. The van der Waals surface area contributed by atoms with Gasteiger partial charge in [-0.25, -0.2) is 4.79 Å². The molecule has 0 bridgehead atoms. The minimum Gasteiger partial charge on any atom is -0.339 e. The highest BCUT2D eigenvalue weighted by molar-refractivity contribution is 7.09. The average molecular weight is 458 g/mol. The number of carbonyl (C=O) groups is 3. The van der Waals surface area contributed by atoms with Crippen molar-refractivity contribution in [3.8, 4) is 0 Å². The van der Waals surface area contributed by atoms with Crippen molar-refractivity contribution in [1.82, 2.24) is 20.0 Å². The molecular formula is C21H23N5O5S. The summed E-state index contributed by atoms with van der Waals surface area (Å²) in [5.74, 6) is -0.835. The zero-order valence-corrected chi connectivity index (χ0v) is 18.3. The van der Waals surface area contributed by atoms with Crippen molar-refractivity contribution >= 4 is 34.9 Å². The Hall–Kier alpha value is -3.31. The highest BCUT2D eigenvalue weighted by Gasteiger charge is 2.49. The predicted octanol–water partition coefficient (Wildman–Crippen LogP) is 1.77. The second-order valence-electron chi connectivity index (χ2n) is 7.99. The third kappa shape index (κ3) is 4.21. The number of nitrogens with one attached hydrogen (secondary N) is 1. The number of urea groups is 1. The van der Waals surface area contributed by atoms with Crippen LogP contribution in [0, 0.1) is 10.1 Å². The molecule has 2 aliphatic rings. The number of carbonyl (C=O) groups excluding carboxylic acids is 3. The molecule has 1 aromatic heterocycles. The van der Waals surface area contributed by atoms with Crippen molar-refractivity contribution in [3.05, 3.63) is 62.3 Å². The van der Waals surface area contributed by atoms with Crippen LogP contribution in [0.2, 0.25) is 0 Å². The van der Waals surface area contributed by atoms with Gasteiger partial charge >= 0.3 is 6.03 Å². The average Bonchev–Trinajstić information content (AvgIpc) is 3.37. The first-order valence-electron chi connectivity index (χ1n) is 10.2. The fourth-order valence-corrected chi connectivity index (χ4v) is 4.71. The fourth-order valence-electron chi connectivity index (χ4n) is 3.97. The van der Waals surface area contributed by atoms with Crippen LogP contribution < -0.4 is 5.32 Å². The smallest absolute Gasteiger partial charge is 0.325 e. The summed E-state index contributed by atoms with van der Waals surface area (Å²) in [6, 6.07) is 8.89. The Morgan fingerprint density at radius 3 is 2.44 bits per heavy atom. The zero-order valence-electron chi connectivity index (χ0n) is 17.5. The summed E-state index contributed by atoms with van der Waals surface area (Å²) in [5, 5.41) is 15.5. The molecule has 0 spiro atoms. The molecule has 0 saturated carbocycles. The maximum atomic E-state index is 13.0. The van der Waals surface area contributed by atoms with E-state index in [-0.39, 0.29) is 18.1 Å². The normalized spacial score (nSPS) is 21.7. The van der Waals surface area contributed by atoms with Crippen molar-refractivity contribution in [3.63, 3.8) is 0 Å². The van der Waals surface area contributed by atoms with Gasteiger partial charge in [-0.1, -0.05) is 6.07 Å². The summed E-state index contributed by atoms with van der Waals surface area (Å²) in [5.41, 5.74) is -1.08. The third-order valence-corrected chi connectivity index (χ3v) is 6.77. The van der Waals surface area contributed by atoms with Crippen molar-refractivity contribution in [2.24, 2.45) is 0 Å². The zero-order chi connectivity index (χ0) is 22.9. The van der Waals surface area contributed by atoms with Gasteiger partial charge in [0, 0.05) is 49.7 Å². The molecule has 1 unspecified atom stereocenters. The van der Waals surface area contributed by atoms with Crippen molar-refractivity contribution in [2.45, 2.75) is 19.0 Å². The summed E-state index contributed by atoms with van der Waals surface area (Å²) in [6.45, 7) is 4.57. The summed E-state index contributed by atoms with van der Waals surface area (Å²) >= 11 is 1.70. The molecule has 3 heterocycles. The first-order valence-corrected chi connectivity index (χ1v) is 11.1. The number of nitro benzene ring substituents is 1. The van der Waals surface area contributed by atoms with Crippen LogP contribution in [0.4, 0.5) is 10.5 Å². The number of non-ortho nitro benzene ring substituents is 1. The molecule has 11 heteroatoms. The van der Waals surface area contributed by atoms with Gasteiger partial charge < -0.3 is 10.2 Å². The molecular weight excluding hydrogens is 434 g/mol. The Balaban J connectivity index is 1.37. The molecule has 1 atom stereocenters. The largest absolute Gasteiger partial charge is 0.339 e. The van der Waals surface area contributed by atoms with E-state index in [4.69, 9.17) is 0 Å². The van der Waals surface area contributed by atoms with Crippen molar-refractivity contribution in [1.29, 1.82) is 0 Å². The highest BCUT2D eigenvalue weighted by Crippen LogP contribution is 2.30. The number of amides is 4. The first-order chi connectivity index (χ1) is 15.3. The molecule has 2 aromatic rings.